The Labute approximate surface area is 119 Å². The average molecular weight is 275 g/mol. The summed E-state index contributed by atoms with van der Waals surface area (Å²) >= 11 is 1.73. The topological polar surface area (TPSA) is 28.2 Å². The van der Waals surface area contributed by atoms with Crippen LogP contribution in [-0.4, -0.2) is 23.5 Å². The van der Waals surface area contributed by atoms with Crippen LogP contribution >= 0.6 is 11.3 Å². The lowest BCUT2D eigenvalue weighted by Gasteiger charge is -2.15. The first-order valence-electron chi connectivity index (χ1n) is 6.60. The second-order valence-corrected chi connectivity index (χ2v) is 5.94. The summed E-state index contributed by atoms with van der Waals surface area (Å²) in [6, 6.07) is 8.73. The molecule has 0 saturated heterocycles. The van der Waals surface area contributed by atoms with Crippen LogP contribution in [0.15, 0.2) is 30.5 Å². The van der Waals surface area contributed by atoms with Gasteiger partial charge in [-0.05, 0) is 26.5 Å². The number of nitrogens with one attached hydrogen (secondary N) is 1. The number of rotatable bonds is 6. The van der Waals surface area contributed by atoms with E-state index in [0.717, 1.165) is 24.8 Å². The molecule has 0 fully saturated rings. The molecule has 0 aliphatic carbocycles. The Morgan fingerprint density at radius 2 is 1.95 bits per heavy atom. The van der Waals surface area contributed by atoms with Gasteiger partial charge in [0.25, 0.3) is 0 Å². The van der Waals surface area contributed by atoms with Gasteiger partial charge in [-0.15, -0.1) is 11.3 Å². The van der Waals surface area contributed by atoms with Crippen LogP contribution in [0, 0.1) is 6.92 Å². The van der Waals surface area contributed by atoms with Gasteiger partial charge in [0.05, 0.1) is 0 Å². The van der Waals surface area contributed by atoms with Crippen LogP contribution in [0.3, 0.4) is 0 Å². The van der Waals surface area contributed by atoms with Crippen molar-refractivity contribution in [3.05, 3.63) is 46.5 Å². The molecule has 1 heterocycles. The maximum atomic E-state index is 4.36. The van der Waals surface area contributed by atoms with E-state index < -0.39 is 0 Å². The Morgan fingerprint density at radius 1 is 1.21 bits per heavy atom. The molecule has 1 N–H and O–H groups in total. The van der Waals surface area contributed by atoms with E-state index in [-0.39, 0.29) is 0 Å². The molecule has 19 heavy (non-hydrogen) atoms. The van der Waals surface area contributed by atoms with E-state index in [1.165, 1.54) is 16.0 Å². The molecule has 2 aromatic rings. The van der Waals surface area contributed by atoms with Gasteiger partial charge in [-0.1, -0.05) is 29.8 Å². The van der Waals surface area contributed by atoms with Crippen LogP contribution in [0.25, 0.3) is 0 Å². The van der Waals surface area contributed by atoms with Crippen molar-refractivity contribution >= 4 is 16.5 Å². The first kappa shape index (κ1) is 14.0. The molecule has 0 amide bonds. The standard InChI is InChI=1S/C15H21N3S/c1-4-16-15-17-9-14(19-15)11-18(3)10-13-7-5-12(2)6-8-13/h5-9H,4,10-11H2,1-3H3,(H,16,17). The highest BCUT2D eigenvalue weighted by Crippen LogP contribution is 2.19. The molecule has 0 atom stereocenters. The minimum atomic E-state index is 0.923. The Balaban J connectivity index is 1.89. The molecule has 0 spiro atoms. The van der Waals surface area contributed by atoms with Gasteiger partial charge in [0.1, 0.15) is 0 Å². The SMILES string of the molecule is CCNc1ncc(CN(C)Cc2ccc(C)cc2)s1. The van der Waals surface area contributed by atoms with Crippen molar-refractivity contribution in [2.24, 2.45) is 0 Å². The van der Waals surface area contributed by atoms with Gasteiger partial charge in [-0.2, -0.15) is 0 Å². The van der Waals surface area contributed by atoms with E-state index in [0.29, 0.717) is 0 Å². The number of aromatic nitrogens is 1. The third kappa shape index (κ3) is 4.33. The summed E-state index contributed by atoms with van der Waals surface area (Å²) in [5.74, 6) is 0. The van der Waals surface area contributed by atoms with Crippen LogP contribution < -0.4 is 5.32 Å². The smallest absolute Gasteiger partial charge is 0.182 e. The summed E-state index contributed by atoms with van der Waals surface area (Å²) < 4.78 is 0. The third-order valence-corrected chi connectivity index (χ3v) is 3.82. The lowest BCUT2D eigenvalue weighted by molar-refractivity contribution is 0.322. The second-order valence-electron chi connectivity index (χ2n) is 4.82. The van der Waals surface area contributed by atoms with Gasteiger partial charge in [0, 0.05) is 30.7 Å². The van der Waals surface area contributed by atoms with E-state index in [2.05, 4.69) is 60.4 Å². The molecular formula is C15H21N3S. The van der Waals surface area contributed by atoms with Gasteiger partial charge in [0.15, 0.2) is 5.13 Å². The molecule has 3 nitrogen and oxygen atoms in total. The zero-order chi connectivity index (χ0) is 13.7. The van der Waals surface area contributed by atoms with E-state index in [4.69, 9.17) is 0 Å². The number of hydrogen-bond acceptors (Lipinski definition) is 4. The number of nitrogens with zero attached hydrogens (tertiary/aromatic N) is 2. The van der Waals surface area contributed by atoms with Crippen molar-refractivity contribution in [1.82, 2.24) is 9.88 Å². The summed E-state index contributed by atoms with van der Waals surface area (Å²) in [6.07, 6.45) is 1.97. The van der Waals surface area contributed by atoms with Crippen molar-refractivity contribution in [3.63, 3.8) is 0 Å². The zero-order valence-corrected chi connectivity index (χ0v) is 12.6. The average Bonchev–Trinajstić information content (AvgIpc) is 2.80. The van der Waals surface area contributed by atoms with Crippen LogP contribution in [-0.2, 0) is 13.1 Å². The fourth-order valence-corrected chi connectivity index (χ4v) is 2.90. The van der Waals surface area contributed by atoms with E-state index >= 15 is 0 Å². The summed E-state index contributed by atoms with van der Waals surface area (Å²) in [6.45, 7) is 7.04. The summed E-state index contributed by atoms with van der Waals surface area (Å²) in [7, 11) is 2.15. The van der Waals surface area contributed by atoms with E-state index in [1.54, 1.807) is 11.3 Å². The molecule has 2 rings (SSSR count). The van der Waals surface area contributed by atoms with Crippen molar-refractivity contribution in [2.45, 2.75) is 26.9 Å². The Hall–Kier alpha value is -1.39. The predicted molar refractivity (Wildman–Crippen MR) is 82.6 cm³/mol. The lowest BCUT2D eigenvalue weighted by atomic mass is 10.1. The maximum absolute atomic E-state index is 4.36. The monoisotopic (exact) mass is 275 g/mol. The second kappa shape index (κ2) is 6.68. The van der Waals surface area contributed by atoms with Gasteiger partial charge in [0.2, 0.25) is 0 Å². The summed E-state index contributed by atoms with van der Waals surface area (Å²) in [5.41, 5.74) is 2.66. The van der Waals surface area contributed by atoms with Gasteiger partial charge >= 0.3 is 0 Å². The number of benzene rings is 1. The third-order valence-electron chi connectivity index (χ3n) is 2.88. The number of hydrogen-bond donors (Lipinski definition) is 1. The lowest BCUT2D eigenvalue weighted by Crippen LogP contribution is -2.16. The Morgan fingerprint density at radius 3 is 2.63 bits per heavy atom. The number of anilines is 1. The Kier molecular flexibility index (Phi) is 4.93. The van der Waals surface area contributed by atoms with Crippen LogP contribution in [0.5, 0.6) is 0 Å². The quantitative estimate of drug-likeness (QED) is 0.874. The largest absolute Gasteiger partial charge is 0.362 e. The van der Waals surface area contributed by atoms with Gasteiger partial charge in [-0.3, -0.25) is 4.90 Å². The Bertz CT molecular complexity index is 504. The molecule has 0 aliphatic heterocycles. The van der Waals surface area contributed by atoms with E-state index in [1.807, 2.05) is 6.20 Å². The van der Waals surface area contributed by atoms with Gasteiger partial charge in [-0.25, -0.2) is 4.98 Å². The fraction of sp³-hybridized carbons (Fsp3) is 0.400. The molecular weight excluding hydrogens is 254 g/mol. The summed E-state index contributed by atoms with van der Waals surface area (Å²) in [4.78, 5) is 7.97. The minimum absolute atomic E-state index is 0.923. The van der Waals surface area contributed by atoms with Crippen molar-refractivity contribution in [1.29, 1.82) is 0 Å². The van der Waals surface area contributed by atoms with E-state index in [9.17, 15) is 0 Å². The molecule has 4 heteroatoms. The number of thiazole rings is 1. The van der Waals surface area contributed by atoms with Crippen LogP contribution in [0.1, 0.15) is 22.9 Å². The highest BCUT2D eigenvalue weighted by molar-refractivity contribution is 7.15. The van der Waals surface area contributed by atoms with Crippen molar-refractivity contribution in [2.75, 3.05) is 18.9 Å². The molecule has 0 aliphatic rings. The first-order chi connectivity index (χ1) is 9.17. The van der Waals surface area contributed by atoms with Crippen LogP contribution in [0.4, 0.5) is 5.13 Å². The summed E-state index contributed by atoms with van der Waals surface area (Å²) in [5, 5.41) is 4.26. The maximum Gasteiger partial charge on any atom is 0.182 e. The molecule has 0 radical (unpaired) electrons. The molecule has 102 valence electrons. The zero-order valence-electron chi connectivity index (χ0n) is 11.8. The predicted octanol–water partition coefficient (Wildman–Crippen LogP) is 3.52. The highest BCUT2D eigenvalue weighted by atomic mass is 32.1. The minimum Gasteiger partial charge on any atom is -0.362 e. The first-order valence-corrected chi connectivity index (χ1v) is 7.41. The molecule has 0 bridgehead atoms. The van der Waals surface area contributed by atoms with Crippen molar-refractivity contribution < 1.29 is 0 Å². The molecule has 0 unspecified atom stereocenters. The molecule has 0 saturated carbocycles. The van der Waals surface area contributed by atoms with Crippen LogP contribution in [0.2, 0.25) is 0 Å². The molecule has 1 aromatic heterocycles. The molecule has 1 aromatic carbocycles. The number of aryl methyl sites for hydroxylation is 1. The fourth-order valence-electron chi connectivity index (χ4n) is 1.94. The van der Waals surface area contributed by atoms with Crippen molar-refractivity contribution in [3.8, 4) is 0 Å². The highest BCUT2D eigenvalue weighted by Gasteiger charge is 2.05. The van der Waals surface area contributed by atoms with Gasteiger partial charge < -0.3 is 5.32 Å². The normalized spacial score (nSPS) is 10.9.